The minimum Gasteiger partial charge on any atom is -0.465 e. The zero-order valence-electron chi connectivity index (χ0n) is 32.0. The van der Waals surface area contributed by atoms with Gasteiger partial charge in [-0.2, -0.15) is 0 Å². The van der Waals surface area contributed by atoms with Gasteiger partial charge in [-0.15, -0.1) is 6.58 Å². The Balaban J connectivity index is 6.49. The van der Waals surface area contributed by atoms with Crippen molar-refractivity contribution in [1.29, 1.82) is 0 Å². The molecule has 0 saturated carbocycles. The third-order valence-corrected chi connectivity index (χ3v) is 7.30. The maximum atomic E-state index is 13.3. The van der Waals surface area contributed by atoms with Gasteiger partial charge >= 0.3 is 47.8 Å². The topological polar surface area (TPSA) is 291 Å². The van der Waals surface area contributed by atoms with Crippen molar-refractivity contribution in [2.24, 2.45) is 23.2 Å². The Kier molecular flexibility index (Phi) is 28.0. The summed E-state index contributed by atoms with van der Waals surface area (Å²) in [7, 11) is 0. The largest absolute Gasteiger partial charge is 0.465 e. The van der Waals surface area contributed by atoms with Crippen molar-refractivity contribution in [3.05, 3.63) is 12.7 Å². The maximum absolute atomic E-state index is 13.3. The van der Waals surface area contributed by atoms with Crippen molar-refractivity contribution in [3.63, 3.8) is 0 Å². The number of ether oxygens (including phenoxy) is 8. The zero-order valence-corrected chi connectivity index (χ0v) is 32.0. The van der Waals surface area contributed by atoms with Crippen LogP contribution in [-0.2, 0) is 76.3 Å². The van der Waals surface area contributed by atoms with Gasteiger partial charge in [-0.25, -0.2) is 0 Å². The Morgan fingerprint density at radius 2 is 0.839 bits per heavy atom. The van der Waals surface area contributed by atoms with Crippen LogP contribution in [0.1, 0.15) is 65.2 Å². The van der Waals surface area contributed by atoms with E-state index in [0.29, 0.717) is 0 Å². The number of hydrogen-bond acceptors (Lipinski definition) is 20. The van der Waals surface area contributed by atoms with Gasteiger partial charge in [-0.1, -0.05) is 19.9 Å². The molecule has 0 radical (unpaired) electrons. The second-order valence-corrected chi connectivity index (χ2v) is 12.8. The van der Waals surface area contributed by atoms with Crippen molar-refractivity contribution in [2.45, 2.75) is 65.2 Å². The first-order valence-electron chi connectivity index (χ1n) is 18.0. The van der Waals surface area contributed by atoms with E-state index in [1.165, 1.54) is 6.08 Å². The van der Waals surface area contributed by atoms with Crippen LogP contribution in [0.15, 0.2) is 12.7 Å². The molecule has 0 amide bonds. The highest BCUT2D eigenvalue weighted by molar-refractivity contribution is 5.81. The normalized spacial score (nSPS) is 12.1. The average Bonchev–Trinajstić information content (AvgIpc) is 3.17. The summed E-state index contributed by atoms with van der Waals surface area (Å²) in [5.74, 6) is -9.37. The molecular formula is C36H56O20. The van der Waals surface area contributed by atoms with E-state index >= 15 is 0 Å². The molecule has 0 fully saturated rings. The molecular weight excluding hydrogens is 752 g/mol. The summed E-state index contributed by atoms with van der Waals surface area (Å²) in [6, 6.07) is 0. The molecule has 0 aliphatic rings. The molecule has 56 heavy (non-hydrogen) atoms. The smallest absolute Gasteiger partial charge is 0.309 e. The molecule has 0 rings (SSSR count). The fraction of sp³-hybridized carbons (Fsp3) is 0.722. The van der Waals surface area contributed by atoms with Gasteiger partial charge in [0.2, 0.25) is 0 Å². The lowest BCUT2D eigenvalue weighted by Crippen LogP contribution is -2.44. The summed E-state index contributed by atoms with van der Waals surface area (Å²) < 4.78 is 41.0. The second kappa shape index (κ2) is 30.5. The highest BCUT2D eigenvalue weighted by Crippen LogP contribution is 2.25. The quantitative estimate of drug-likeness (QED) is 0.0378. The summed E-state index contributed by atoms with van der Waals surface area (Å²) in [5, 5.41) is 35.7. The molecule has 0 aromatic rings. The van der Waals surface area contributed by atoms with Gasteiger partial charge in [-0.05, 0) is 18.8 Å². The van der Waals surface area contributed by atoms with Crippen LogP contribution in [-0.4, -0.2) is 147 Å². The standard InChI is InChI=1S/C36H56O20/c1-4-5-26(19-32(45)51-16-12-39)34(47)56-24-36(21-53-30(43)8-6-28(41)49-14-10-37,22-54-31(44)9-7-29(42)50-15-11-38)23-55-33(46)20-27(18-25(2)3)35(48)52-17-13-40/h4,25-27,37-40H,1,5-24H2,2-3H3. The van der Waals surface area contributed by atoms with Crippen molar-refractivity contribution >= 4 is 47.8 Å². The van der Waals surface area contributed by atoms with Crippen LogP contribution in [0.5, 0.6) is 0 Å². The molecule has 0 aliphatic heterocycles. The van der Waals surface area contributed by atoms with Crippen molar-refractivity contribution in [1.82, 2.24) is 0 Å². The molecule has 2 atom stereocenters. The lowest BCUT2D eigenvalue weighted by Gasteiger charge is -2.32. The summed E-state index contributed by atoms with van der Waals surface area (Å²) in [6.45, 7) is 1.05. The number of rotatable bonds is 32. The van der Waals surface area contributed by atoms with Gasteiger partial charge in [0.1, 0.15) is 58.3 Å². The predicted octanol–water partition coefficient (Wildman–Crippen LogP) is -0.517. The van der Waals surface area contributed by atoms with Crippen LogP contribution in [0.4, 0.5) is 0 Å². The summed E-state index contributed by atoms with van der Waals surface area (Å²) in [6.07, 6.45) is -1.45. The van der Waals surface area contributed by atoms with E-state index in [-0.39, 0.29) is 45.2 Å². The molecule has 0 aromatic heterocycles. The van der Waals surface area contributed by atoms with E-state index < -0.39 is 156 Å². The first-order chi connectivity index (χ1) is 26.6. The second-order valence-electron chi connectivity index (χ2n) is 12.8. The fourth-order valence-electron chi connectivity index (χ4n) is 4.55. The van der Waals surface area contributed by atoms with Gasteiger partial charge in [0.15, 0.2) is 0 Å². The van der Waals surface area contributed by atoms with Crippen molar-refractivity contribution in [3.8, 4) is 0 Å². The van der Waals surface area contributed by atoms with Crippen LogP contribution in [0.3, 0.4) is 0 Å². The van der Waals surface area contributed by atoms with E-state index in [1.807, 2.05) is 0 Å². The number of carbonyl (C=O) groups is 8. The Morgan fingerprint density at radius 3 is 1.27 bits per heavy atom. The van der Waals surface area contributed by atoms with Gasteiger partial charge in [0, 0.05) is 0 Å². The maximum Gasteiger partial charge on any atom is 0.309 e. The first-order valence-corrected chi connectivity index (χ1v) is 18.0. The van der Waals surface area contributed by atoms with Crippen LogP contribution in [0, 0.1) is 23.2 Å². The molecule has 0 bridgehead atoms. The minimum atomic E-state index is -1.87. The summed E-state index contributed by atoms with van der Waals surface area (Å²) >= 11 is 0. The van der Waals surface area contributed by atoms with Crippen LogP contribution in [0.25, 0.3) is 0 Å². The molecule has 4 N–H and O–H groups in total. The molecule has 320 valence electrons. The third kappa shape index (κ3) is 24.7. The number of allylic oxidation sites excluding steroid dienone is 1. The van der Waals surface area contributed by atoms with Gasteiger partial charge < -0.3 is 58.3 Å². The zero-order chi connectivity index (χ0) is 42.4. The van der Waals surface area contributed by atoms with E-state index in [1.54, 1.807) is 13.8 Å². The van der Waals surface area contributed by atoms with Gasteiger partial charge in [0.25, 0.3) is 0 Å². The van der Waals surface area contributed by atoms with E-state index in [0.717, 1.165) is 0 Å². The van der Waals surface area contributed by atoms with Crippen LogP contribution in [0.2, 0.25) is 0 Å². The SMILES string of the molecule is C=CCC(CC(=O)OCCO)C(=O)OCC(COC(=O)CCC(=O)OCCO)(COC(=O)CCC(=O)OCCO)COC(=O)CC(CC(C)C)C(=O)OCCO. The number of aliphatic hydroxyl groups is 4. The lowest BCUT2D eigenvalue weighted by atomic mass is 9.91. The highest BCUT2D eigenvalue weighted by atomic mass is 16.6. The van der Waals surface area contributed by atoms with Crippen molar-refractivity contribution in [2.75, 3.05) is 79.3 Å². The molecule has 0 heterocycles. The Hall–Kier alpha value is -4.66. The molecule has 0 saturated heterocycles. The Labute approximate surface area is 324 Å². The van der Waals surface area contributed by atoms with E-state index in [4.69, 9.17) is 58.3 Å². The summed E-state index contributed by atoms with van der Waals surface area (Å²) in [5.41, 5.74) is -1.87. The number of esters is 8. The molecule has 20 nitrogen and oxygen atoms in total. The van der Waals surface area contributed by atoms with Crippen LogP contribution >= 0.6 is 0 Å². The number of aliphatic hydroxyl groups excluding tert-OH is 4. The molecule has 0 spiro atoms. The predicted molar refractivity (Wildman–Crippen MR) is 187 cm³/mol. The molecule has 2 unspecified atom stereocenters. The first kappa shape index (κ1) is 51.3. The summed E-state index contributed by atoms with van der Waals surface area (Å²) in [4.78, 5) is 101. The van der Waals surface area contributed by atoms with E-state index in [2.05, 4.69) is 6.58 Å². The molecule has 0 aromatic carbocycles. The van der Waals surface area contributed by atoms with Gasteiger partial charge in [0.05, 0.1) is 76.8 Å². The van der Waals surface area contributed by atoms with Crippen LogP contribution < -0.4 is 0 Å². The lowest BCUT2D eigenvalue weighted by molar-refractivity contribution is -0.175. The monoisotopic (exact) mass is 808 g/mol. The minimum absolute atomic E-state index is 0.0681. The van der Waals surface area contributed by atoms with Gasteiger partial charge in [-0.3, -0.25) is 38.4 Å². The fourth-order valence-corrected chi connectivity index (χ4v) is 4.55. The Morgan fingerprint density at radius 1 is 0.500 bits per heavy atom. The average molecular weight is 809 g/mol. The van der Waals surface area contributed by atoms with E-state index in [9.17, 15) is 38.4 Å². The third-order valence-electron chi connectivity index (χ3n) is 7.30. The Bertz CT molecular complexity index is 1210. The number of carbonyl (C=O) groups excluding carboxylic acids is 8. The molecule has 20 heteroatoms. The number of hydrogen-bond donors (Lipinski definition) is 4. The highest BCUT2D eigenvalue weighted by Gasteiger charge is 2.39. The molecule has 0 aliphatic carbocycles. The van der Waals surface area contributed by atoms with Crippen molar-refractivity contribution < 1.29 is 96.7 Å².